The van der Waals surface area contributed by atoms with Crippen molar-refractivity contribution >= 4 is 11.8 Å². The summed E-state index contributed by atoms with van der Waals surface area (Å²) in [7, 11) is 0. The summed E-state index contributed by atoms with van der Waals surface area (Å²) in [6.07, 6.45) is 3.79. The fourth-order valence-electron chi connectivity index (χ4n) is 2.56. The quantitative estimate of drug-likeness (QED) is 0.782. The molecule has 2 aromatic rings. The average molecular weight is 283 g/mol. The van der Waals surface area contributed by atoms with Crippen LogP contribution in [0.1, 0.15) is 11.1 Å². The summed E-state index contributed by atoms with van der Waals surface area (Å²) >= 11 is 0. The fraction of sp³-hybridized carbons (Fsp3) is 0.0526. The first-order chi connectivity index (χ1) is 10.8. The van der Waals surface area contributed by atoms with Gasteiger partial charge >= 0.3 is 0 Å². The van der Waals surface area contributed by atoms with Crippen molar-refractivity contribution in [3.63, 3.8) is 0 Å². The van der Waals surface area contributed by atoms with Crippen LogP contribution in [0.2, 0.25) is 0 Å². The maximum atomic E-state index is 9.22. The second-order valence-electron chi connectivity index (χ2n) is 4.95. The molecule has 0 atom stereocenters. The van der Waals surface area contributed by atoms with E-state index in [4.69, 9.17) is 0 Å². The number of allylic oxidation sites excluding steroid dienone is 2. The Bertz CT molecular complexity index is 817. The minimum Gasteiger partial charge on any atom is -0.335 e. The predicted octanol–water partition coefficient (Wildman–Crippen LogP) is 4.02. The third-order valence-electron chi connectivity index (χ3n) is 3.60. The van der Waals surface area contributed by atoms with Gasteiger partial charge in [0.1, 0.15) is 12.1 Å². The molecule has 3 nitrogen and oxygen atoms in total. The molecule has 1 aliphatic heterocycles. The van der Waals surface area contributed by atoms with Crippen LogP contribution in [0.4, 0.5) is 5.69 Å². The molecule has 0 bridgehead atoms. The molecule has 3 heteroatoms. The normalized spacial score (nSPS) is 12.3. The molecule has 0 unspecified atom stereocenters. The topological polar surface area (TPSA) is 50.8 Å². The number of benzene rings is 2. The Morgan fingerprint density at radius 2 is 1.55 bits per heavy atom. The molecule has 0 aliphatic carbocycles. The van der Waals surface area contributed by atoms with Crippen molar-refractivity contribution in [1.82, 2.24) is 0 Å². The van der Waals surface area contributed by atoms with E-state index in [1.165, 1.54) is 0 Å². The monoisotopic (exact) mass is 283 g/mol. The Kier molecular flexibility index (Phi) is 3.72. The van der Waals surface area contributed by atoms with E-state index in [2.05, 4.69) is 0 Å². The minimum atomic E-state index is 0.127. The summed E-state index contributed by atoms with van der Waals surface area (Å²) in [5.74, 6) is 0. The van der Waals surface area contributed by atoms with E-state index in [9.17, 15) is 10.5 Å². The molecule has 3 rings (SSSR count). The number of para-hydroxylation sites is 1. The molecule has 2 aromatic carbocycles. The van der Waals surface area contributed by atoms with Gasteiger partial charge < -0.3 is 4.90 Å². The van der Waals surface area contributed by atoms with Crippen LogP contribution in [0.5, 0.6) is 0 Å². The minimum absolute atomic E-state index is 0.127. The lowest BCUT2D eigenvalue weighted by Gasteiger charge is -2.30. The van der Waals surface area contributed by atoms with Gasteiger partial charge in [-0.2, -0.15) is 10.5 Å². The molecule has 1 heterocycles. The summed E-state index contributed by atoms with van der Waals surface area (Å²) in [4.78, 5) is 2.02. The number of hydrogen-bond donors (Lipinski definition) is 0. The van der Waals surface area contributed by atoms with Crippen molar-refractivity contribution in [3.8, 4) is 12.1 Å². The van der Waals surface area contributed by atoms with Gasteiger partial charge in [-0.1, -0.05) is 54.6 Å². The molecule has 0 spiro atoms. The van der Waals surface area contributed by atoms with Gasteiger partial charge in [-0.3, -0.25) is 0 Å². The van der Waals surface area contributed by atoms with Gasteiger partial charge in [0.15, 0.2) is 5.57 Å². The SMILES string of the molecule is N#CC(C#N)=C1C=Cc2ccccc2N1Cc1ccccc1. The van der Waals surface area contributed by atoms with Crippen molar-refractivity contribution in [3.05, 3.63) is 83.1 Å². The van der Waals surface area contributed by atoms with E-state index in [1.807, 2.05) is 83.8 Å². The molecule has 1 aliphatic rings. The molecule has 104 valence electrons. The van der Waals surface area contributed by atoms with Crippen LogP contribution in [0, 0.1) is 22.7 Å². The molecule has 0 aromatic heterocycles. The standard InChI is InChI=1S/C19H13N3/c20-12-17(13-21)19-11-10-16-8-4-5-9-18(16)22(19)14-15-6-2-1-3-7-15/h1-11H,14H2. The molecule has 0 N–H and O–H groups in total. The first-order valence-electron chi connectivity index (χ1n) is 6.96. The van der Waals surface area contributed by atoms with Crippen LogP contribution in [0.15, 0.2) is 71.9 Å². The van der Waals surface area contributed by atoms with Gasteiger partial charge in [-0.15, -0.1) is 0 Å². The van der Waals surface area contributed by atoms with Gasteiger partial charge in [0.2, 0.25) is 0 Å². The molecular weight excluding hydrogens is 270 g/mol. The molecule has 22 heavy (non-hydrogen) atoms. The summed E-state index contributed by atoms with van der Waals surface area (Å²) < 4.78 is 0. The zero-order chi connectivity index (χ0) is 15.4. The Hall–Kier alpha value is -3.30. The number of nitrogens with zero attached hydrogens (tertiary/aromatic N) is 3. The van der Waals surface area contributed by atoms with Crippen molar-refractivity contribution < 1.29 is 0 Å². The highest BCUT2D eigenvalue weighted by molar-refractivity contribution is 5.78. The summed E-state index contributed by atoms with van der Waals surface area (Å²) in [6, 6.07) is 22.0. The van der Waals surface area contributed by atoms with E-state index in [0.29, 0.717) is 12.2 Å². The van der Waals surface area contributed by atoms with Crippen LogP contribution in [0.25, 0.3) is 6.08 Å². The lowest BCUT2D eigenvalue weighted by atomic mass is 10.0. The summed E-state index contributed by atoms with van der Waals surface area (Å²) in [5, 5.41) is 18.4. The molecule has 0 fully saturated rings. The van der Waals surface area contributed by atoms with E-state index >= 15 is 0 Å². The van der Waals surface area contributed by atoms with Crippen molar-refractivity contribution in [2.24, 2.45) is 0 Å². The summed E-state index contributed by atoms with van der Waals surface area (Å²) in [6.45, 7) is 0.615. The van der Waals surface area contributed by atoms with Crippen molar-refractivity contribution in [2.75, 3.05) is 4.90 Å². The lowest BCUT2D eigenvalue weighted by molar-refractivity contribution is 0.923. The third kappa shape index (κ3) is 2.49. The van der Waals surface area contributed by atoms with Crippen LogP contribution < -0.4 is 4.90 Å². The predicted molar refractivity (Wildman–Crippen MR) is 86.4 cm³/mol. The van der Waals surface area contributed by atoms with E-state index in [-0.39, 0.29) is 5.57 Å². The van der Waals surface area contributed by atoms with Crippen LogP contribution in [-0.4, -0.2) is 0 Å². The van der Waals surface area contributed by atoms with Gasteiger partial charge in [0.05, 0.1) is 5.70 Å². The second-order valence-corrected chi connectivity index (χ2v) is 4.95. The highest BCUT2D eigenvalue weighted by atomic mass is 15.1. The Balaban J connectivity index is 2.12. The van der Waals surface area contributed by atoms with Crippen LogP contribution >= 0.6 is 0 Å². The number of hydrogen-bond acceptors (Lipinski definition) is 3. The lowest BCUT2D eigenvalue weighted by Crippen LogP contribution is -2.24. The zero-order valence-corrected chi connectivity index (χ0v) is 11.9. The molecule has 0 amide bonds. The van der Waals surface area contributed by atoms with Gasteiger partial charge in [0.25, 0.3) is 0 Å². The number of rotatable bonds is 2. The third-order valence-corrected chi connectivity index (χ3v) is 3.60. The second kappa shape index (κ2) is 5.99. The largest absolute Gasteiger partial charge is 0.335 e. The Morgan fingerprint density at radius 3 is 2.27 bits per heavy atom. The molecular formula is C19H13N3. The van der Waals surface area contributed by atoms with E-state index in [0.717, 1.165) is 16.8 Å². The molecule has 0 radical (unpaired) electrons. The number of nitriles is 2. The number of anilines is 1. The van der Waals surface area contributed by atoms with Gasteiger partial charge in [-0.05, 0) is 23.3 Å². The highest BCUT2D eigenvalue weighted by Gasteiger charge is 2.20. The van der Waals surface area contributed by atoms with Crippen LogP contribution in [0.3, 0.4) is 0 Å². The smallest absolute Gasteiger partial charge is 0.153 e. The highest BCUT2D eigenvalue weighted by Crippen LogP contribution is 2.33. The van der Waals surface area contributed by atoms with Crippen LogP contribution in [-0.2, 0) is 6.54 Å². The first-order valence-corrected chi connectivity index (χ1v) is 6.96. The maximum Gasteiger partial charge on any atom is 0.153 e. The average Bonchev–Trinajstić information content (AvgIpc) is 2.58. The number of fused-ring (bicyclic) bond motifs is 1. The first kappa shape index (κ1) is 13.7. The van der Waals surface area contributed by atoms with E-state index < -0.39 is 0 Å². The Morgan fingerprint density at radius 1 is 0.864 bits per heavy atom. The fourth-order valence-corrected chi connectivity index (χ4v) is 2.56. The molecule has 0 saturated heterocycles. The molecule has 0 saturated carbocycles. The van der Waals surface area contributed by atoms with Gasteiger partial charge in [-0.25, -0.2) is 0 Å². The van der Waals surface area contributed by atoms with E-state index in [1.54, 1.807) is 0 Å². The van der Waals surface area contributed by atoms with Crippen molar-refractivity contribution in [1.29, 1.82) is 10.5 Å². The summed E-state index contributed by atoms with van der Waals surface area (Å²) in [5.41, 5.74) is 3.99. The maximum absolute atomic E-state index is 9.22. The van der Waals surface area contributed by atoms with Crippen molar-refractivity contribution in [2.45, 2.75) is 6.54 Å². The Labute approximate surface area is 129 Å². The van der Waals surface area contributed by atoms with Gasteiger partial charge in [0, 0.05) is 12.2 Å². The zero-order valence-electron chi connectivity index (χ0n) is 11.9.